The summed E-state index contributed by atoms with van der Waals surface area (Å²) in [6, 6.07) is 18.8. The number of rotatable bonds is 7. The van der Waals surface area contributed by atoms with E-state index in [0.29, 0.717) is 12.5 Å². The lowest BCUT2D eigenvalue weighted by atomic mass is 10.4. The monoisotopic (exact) mass is 308 g/mol. The largest absolute Gasteiger partial charge is 0.322 e. The molecule has 106 valence electrons. The van der Waals surface area contributed by atoms with Crippen molar-refractivity contribution in [2.24, 2.45) is 0 Å². The molecule has 0 amide bonds. The van der Waals surface area contributed by atoms with Crippen molar-refractivity contribution >= 4 is 29.6 Å². The van der Waals surface area contributed by atoms with E-state index in [4.69, 9.17) is 16.1 Å². The second kappa shape index (κ2) is 7.64. The molecule has 0 aliphatic heterocycles. The van der Waals surface area contributed by atoms with E-state index in [1.807, 2.05) is 60.7 Å². The normalized spacial score (nSPS) is 11.4. The zero-order chi connectivity index (χ0) is 14.3. The number of alkyl halides is 1. The van der Waals surface area contributed by atoms with Crippen LogP contribution in [0.5, 0.6) is 0 Å². The van der Waals surface area contributed by atoms with E-state index in [0.717, 1.165) is 23.5 Å². The number of benzene rings is 2. The van der Waals surface area contributed by atoms with Crippen molar-refractivity contribution in [2.45, 2.75) is 12.8 Å². The standard InChI is InChI=1S/C16H18ClO2P/c17-13-7-8-14-19-20(18,15-9-3-1-4-10-15)16-11-5-2-6-12-16/h1-6,9-12H,7-8,13-14H2. The van der Waals surface area contributed by atoms with E-state index < -0.39 is 7.37 Å². The van der Waals surface area contributed by atoms with Gasteiger partial charge in [-0.05, 0) is 37.1 Å². The van der Waals surface area contributed by atoms with Crippen LogP contribution < -0.4 is 10.6 Å². The first-order valence-corrected chi connectivity index (χ1v) is 8.85. The predicted octanol–water partition coefficient (Wildman–Crippen LogP) is 3.95. The molecule has 0 radical (unpaired) electrons. The summed E-state index contributed by atoms with van der Waals surface area (Å²) in [5, 5.41) is 1.47. The smallest absolute Gasteiger partial charge is 0.261 e. The molecule has 2 aromatic rings. The third-order valence-corrected chi connectivity index (χ3v) is 5.76. The second-order valence-corrected chi connectivity index (χ2v) is 7.22. The van der Waals surface area contributed by atoms with Crippen LogP contribution in [-0.2, 0) is 9.09 Å². The van der Waals surface area contributed by atoms with Gasteiger partial charge in [-0.15, -0.1) is 11.6 Å². The van der Waals surface area contributed by atoms with E-state index in [-0.39, 0.29) is 0 Å². The van der Waals surface area contributed by atoms with Crippen molar-refractivity contribution in [1.29, 1.82) is 0 Å². The Bertz CT molecular complexity index is 514. The van der Waals surface area contributed by atoms with Gasteiger partial charge in [0.1, 0.15) is 0 Å². The summed E-state index contributed by atoms with van der Waals surface area (Å²) < 4.78 is 19.1. The van der Waals surface area contributed by atoms with Crippen molar-refractivity contribution < 1.29 is 9.09 Å². The van der Waals surface area contributed by atoms with Crippen LogP contribution in [0.2, 0.25) is 0 Å². The Morgan fingerprint density at radius 2 is 1.35 bits per heavy atom. The van der Waals surface area contributed by atoms with Crippen LogP contribution in [0.25, 0.3) is 0 Å². The van der Waals surface area contributed by atoms with Gasteiger partial charge in [0.25, 0.3) is 7.37 Å². The van der Waals surface area contributed by atoms with Gasteiger partial charge in [0.2, 0.25) is 0 Å². The first-order valence-electron chi connectivity index (χ1n) is 6.69. The van der Waals surface area contributed by atoms with Gasteiger partial charge >= 0.3 is 0 Å². The van der Waals surface area contributed by atoms with Gasteiger partial charge in [0.15, 0.2) is 0 Å². The number of hydrogen-bond donors (Lipinski definition) is 0. The first kappa shape index (κ1) is 15.3. The highest BCUT2D eigenvalue weighted by atomic mass is 35.5. The fourth-order valence-electron chi connectivity index (χ4n) is 1.94. The zero-order valence-corrected chi connectivity index (χ0v) is 12.9. The molecule has 0 aliphatic carbocycles. The maximum absolute atomic E-state index is 13.3. The van der Waals surface area contributed by atoms with Gasteiger partial charge in [-0.1, -0.05) is 36.4 Å². The van der Waals surface area contributed by atoms with Gasteiger partial charge in [-0.3, -0.25) is 4.57 Å². The van der Waals surface area contributed by atoms with Gasteiger partial charge in [0, 0.05) is 16.5 Å². The summed E-state index contributed by atoms with van der Waals surface area (Å²) in [6.07, 6.45) is 1.68. The average molecular weight is 309 g/mol. The molecule has 0 unspecified atom stereocenters. The van der Waals surface area contributed by atoms with Gasteiger partial charge < -0.3 is 4.52 Å². The van der Waals surface area contributed by atoms with Crippen LogP contribution in [0, 0.1) is 0 Å². The molecule has 0 bridgehead atoms. The highest BCUT2D eigenvalue weighted by Gasteiger charge is 2.27. The highest BCUT2D eigenvalue weighted by Crippen LogP contribution is 2.44. The highest BCUT2D eigenvalue weighted by molar-refractivity contribution is 7.74. The number of hydrogen-bond acceptors (Lipinski definition) is 2. The van der Waals surface area contributed by atoms with Crippen LogP contribution in [0.15, 0.2) is 60.7 Å². The minimum Gasteiger partial charge on any atom is -0.322 e. The minimum absolute atomic E-state index is 0.452. The van der Waals surface area contributed by atoms with Crippen LogP contribution in [-0.4, -0.2) is 12.5 Å². The molecule has 2 aromatic carbocycles. The molecule has 2 nitrogen and oxygen atoms in total. The lowest BCUT2D eigenvalue weighted by Gasteiger charge is -2.19. The van der Waals surface area contributed by atoms with Crippen molar-refractivity contribution in [3.8, 4) is 0 Å². The third kappa shape index (κ3) is 3.73. The molecule has 0 saturated heterocycles. The molecule has 0 fully saturated rings. The maximum Gasteiger partial charge on any atom is 0.261 e. The Balaban J connectivity index is 2.27. The molecule has 0 heterocycles. The summed E-state index contributed by atoms with van der Waals surface area (Å²) >= 11 is 5.66. The SMILES string of the molecule is O=P(OCCCCCl)(c1ccccc1)c1ccccc1. The molecule has 0 aliphatic rings. The summed E-state index contributed by atoms with van der Waals surface area (Å²) in [4.78, 5) is 0. The average Bonchev–Trinajstić information content (AvgIpc) is 2.53. The third-order valence-electron chi connectivity index (χ3n) is 2.99. The molecule has 0 atom stereocenters. The Morgan fingerprint density at radius 1 is 0.850 bits per heavy atom. The van der Waals surface area contributed by atoms with E-state index in [9.17, 15) is 4.57 Å². The van der Waals surface area contributed by atoms with Crippen LogP contribution in [0.4, 0.5) is 0 Å². The molecule has 0 spiro atoms. The van der Waals surface area contributed by atoms with Crippen LogP contribution in [0.1, 0.15) is 12.8 Å². The summed E-state index contributed by atoms with van der Waals surface area (Å²) in [7, 11) is -3.01. The van der Waals surface area contributed by atoms with Crippen LogP contribution in [0.3, 0.4) is 0 Å². The summed E-state index contributed by atoms with van der Waals surface area (Å²) in [5.74, 6) is 0.602. The van der Waals surface area contributed by atoms with Gasteiger partial charge in [0.05, 0.1) is 6.61 Å². The molecular formula is C16H18ClO2P. The first-order chi connectivity index (χ1) is 9.77. The maximum atomic E-state index is 13.3. The van der Waals surface area contributed by atoms with Crippen molar-refractivity contribution in [3.05, 3.63) is 60.7 Å². The number of unbranched alkanes of at least 4 members (excludes halogenated alkanes) is 1. The lowest BCUT2D eigenvalue weighted by Crippen LogP contribution is -2.18. The molecule has 0 N–H and O–H groups in total. The Labute approximate surface area is 125 Å². The Hall–Kier alpha value is -1.08. The second-order valence-electron chi connectivity index (χ2n) is 4.45. The van der Waals surface area contributed by atoms with Gasteiger partial charge in [-0.2, -0.15) is 0 Å². The molecule has 0 aromatic heterocycles. The Kier molecular flexibility index (Phi) is 5.85. The lowest BCUT2D eigenvalue weighted by molar-refractivity contribution is 0.319. The van der Waals surface area contributed by atoms with Crippen molar-refractivity contribution in [1.82, 2.24) is 0 Å². The predicted molar refractivity (Wildman–Crippen MR) is 85.7 cm³/mol. The Morgan fingerprint density at radius 3 is 1.80 bits per heavy atom. The minimum atomic E-state index is -3.01. The zero-order valence-electron chi connectivity index (χ0n) is 11.2. The van der Waals surface area contributed by atoms with E-state index >= 15 is 0 Å². The molecule has 0 saturated carbocycles. The topological polar surface area (TPSA) is 26.3 Å². The van der Waals surface area contributed by atoms with E-state index in [1.165, 1.54) is 0 Å². The fourth-order valence-corrected chi connectivity index (χ4v) is 4.24. The molecular weight excluding hydrogens is 291 g/mol. The fraction of sp³-hybridized carbons (Fsp3) is 0.250. The van der Waals surface area contributed by atoms with Crippen molar-refractivity contribution in [2.75, 3.05) is 12.5 Å². The van der Waals surface area contributed by atoms with E-state index in [1.54, 1.807) is 0 Å². The molecule has 20 heavy (non-hydrogen) atoms. The quantitative estimate of drug-likeness (QED) is 0.440. The summed E-state index contributed by atoms with van der Waals surface area (Å²) in [6.45, 7) is 0.452. The van der Waals surface area contributed by atoms with E-state index in [2.05, 4.69) is 0 Å². The summed E-state index contributed by atoms with van der Waals surface area (Å²) in [5.41, 5.74) is 0. The molecule has 4 heteroatoms. The van der Waals surface area contributed by atoms with Crippen molar-refractivity contribution in [3.63, 3.8) is 0 Å². The number of halogens is 1. The van der Waals surface area contributed by atoms with Gasteiger partial charge in [-0.25, -0.2) is 0 Å². The molecule has 2 rings (SSSR count). The van der Waals surface area contributed by atoms with Crippen LogP contribution >= 0.6 is 19.0 Å².